The fourth-order valence-electron chi connectivity index (χ4n) is 1.72. The average Bonchev–Trinajstić information content (AvgIpc) is 2.63. The van der Waals surface area contributed by atoms with Crippen molar-refractivity contribution in [3.8, 4) is 0 Å². The van der Waals surface area contributed by atoms with E-state index in [1.807, 2.05) is 24.4 Å². The molecule has 0 radical (unpaired) electrons. The Labute approximate surface area is 112 Å². The number of aryl methyl sites for hydroxylation is 1. The highest BCUT2D eigenvalue weighted by Crippen LogP contribution is 2.28. The van der Waals surface area contributed by atoms with Crippen LogP contribution in [-0.4, -0.2) is 5.11 Å². The highest BCUT2D eigenvalue weighted by Gasteiger charge is 2.13. The number of benzene rings is 1. The van der Waals surface area contributed by atoms with Gasteiger partial charge in [-0.2, -0.15) is 0 Å². The lowest BCUT2D eigenvalue weighted by Crippen LogP contribution is -2.02. The van der Waals surface area contributed by atoms with Gasteiger partial charge in [0.05, 0.1) is 6.10 Å². The molecule has 0 saturated heterocycles. The molecular formula is C13H12BrFOS. The van der Waals surface area contributed by atoms with E-state index in [0.29, 0.717) is 12.0 Å². The zero-order valence-electron chi connectivity index (χ0n) is 9.28. The number of hydrogen-bond donors (Lipinski definition) is 1. The maximum Gasteiger partial charge on any atom is 0.123 e. The van der Waals surface area contributed by atoms with Gasteiger partial charge < -0.3 is 5.11 Å². The Morgan fingerprint density at radius 2 is 2.18 bits per heavy atom. The summed E-state index contributed by atoms with van der Waals surface area (Å²) >= 11 is 5.00. The molecular weight excluding hydrogens is 303 g/mol. The van der Waals surface area contributed by atoms with Crippen LogP contribution in [0.1, 0.15) is 22.1 Å². The second kappa shape index (κ2) is 5.29. The molecule has 1 nitrogen and oxygen atoms in total. The molecule has 0 spiro atoms. The number of aliphatic hydroxyl groups is 1. The molecule has 0 saturated carbocycles. The third-order valence-corrected chi connectivity index (χ3v) is 4.47. The van der Waals surface area contributed by atoms with Crippen molar-refractivity contribution in [2.24, 2.45) is 0 Å². The zero-order chi connectivity index (χ0) is 12.4. The zero-order valence-corrected chi connectivity index (χ0v) is 11.7. The van der Waals surface area contributed by atoms with Crippen LogP contribution in [0, 0.1) is 12.7 Å². The summed E-state index contributed by atoms with van der Waals surface area (Å²) in [5.41, 5.74) is 1.45. The molecule has 17 heavy (non-hydrogen) atoms. The maximum atomic E-state index is 13.2. The Morgan fingerprint density at radius 1 is 1.41 bits per heavy atom. The first-order valence-electron chi connectivity index (χ1n) is 5.23. The molecule has 1 N–H and O–H groups in total. The molecule has 0 aliphatic heterocycles. The fraction of sp³-hybridized carbons (Fsp3) is 0.231. The Bertz CT molecular complexity index is 504. The lowest BCUT2D eigenvalue weighted by atomic mass is 10.0. The van der Waals surface area contributed by atoms with Crippen molar-refractivity contribution in [1.82, 2.24) is 0 Å². The summed E-state index contributed by atoms with van der Waals surface area (Å²) in [5.74, 6) is -0.302. The van der Waals surface area contributed by atoms with Crippen molar-refractivity contribution in [3.05, 3.63) is 55.9 Å². The lowest BCUT2D eigenvalue weighted by molar-refractivity contribution is 0.178. The summed E-state index contributed by atoms with van der Waals surface area (Å²) in [6, 6.07) is 6.61. The minimum Gasteiger partial charge on any atom is -0.388 e. The van der Waals surface area contributed by atoms with E-state index in [1.165, 1.54) is 12.1 Å². The normalized spacial score (nSPS) is 12.7. The summed E-state index contributed by atoms with van der Waals surface area (Å²) in [4.78, 5) is 1.07. The molecule has 0 aliphatic carbocycles. The highest BCUT2D eigenvalue weighted by atomic mass is 79.9. The number of hydrogen-bond acceptors (Lipinski definition) is 2. The molecule has 90 valence electrons. The van der Waals surface area contributed by atoms with E-state index >= 15 is 0 Å². The third kappa shape index (κ3) is 3.15. The first kappa shape index (κ1) is 12.7. The van der Waals surface area contributed by atoms with Gasteiger partial charge in [-0.05, 0) is 57.6 Å². The average molecular weight is 315 g/mol. The van der Waals surface area contributed by atoms with Gasteiger partial charge in [0.2, 0.25) is 0 Å². The van der Waals surface area contributed by atoms with Gasteiger partial charge >= 0.3 is 0 Å². The van der Waals surface area contributed by atoms with Gasteiger partial charge in [0.25, 0.3) is 0 Å². The van der Waals surface area contributed by atoms with Crippen LogP contribution < -0.4 is 0 Å². The standard InChI is InChI=1S/C13H12BrFOS/c1-8-4-9(6-10(15)5-8)12(16)7-13-11(14)2-3-17-13/h2-6,12,16H,7H2,1H3. The Kier molecular flexibility index (Phi) is 3.97. The van der Waals surface area contributed by atoms with Crippen LogP contribution >= 0.6 is 27.3 Å². The molecule has 1 heterocycles. The van der Waals surface area contributed by atoms with Gasteiger partial charge in [-0.15, -0.1) is 11.3 Å². The monoisotopic (exact) mass is 314 g/mol. The van der Waals surface area contributed by atoms with Gasteiger partial charge in [-0.1, -0.05) is 6.07 Å². The highest BCUT2D eigenvalue weighted by molar-refractivity contribution is 9.10. The predicted octanol–water partition coefficient (Wildman–Crippen LogP) is 4.23. The largest absolute Gasteiger partial charge is 0.388 e. The quantitative estimate of drug-likeness (QED) is 0.898. The number of halogens is 2. The van der Waals surface area contributed by atoms with Crippen molar-refractivity contribution in [2.45, 2.75) is 19.4 Å². The van der Waals surface area contributed by atoms with Gasteiger partial charge in [0.15, 0.2) is 0 Å². The fourth-order valence-corrected chi connectivity index (χ4v) is 3.27. The Balaban J connectivity index is 2.20. The molecule has 0 bridgehead atoms. The molecule has 1 aromatic carbocycles. The molecule has 0 aliphatic rings. The Morgan fingerprint density at radius 3 is 2.76 bits per heavy atom. The smallest absolute Gasteiger partial charge is 0.123 e. The van der Waals surface area contributed by atoms with Crippen LogP contribution in [0.4, 0.5) is 4.39 Å². The van der Waals surface area contributed by atoms with E-state index in [9.17, 15) is 9.50 Å². The van der Waals surface area contributed by atoms with Gasteiger partial charge in [-0.25, -0.2) is 4.39 Å². The molecule has 2 aromatic rings. The minimum atomic E-state index is -0.667. The first-order chi connectivity index (χ1) is 8.06. The van der Waals surface area contributed by atoms with Crippen LogP contribution in [0.2, 0.25) is 0 Å². The predicted molar refractivity (Wildman–Crippen MR) is 71.8 cm³/mol. The van der Waals surface area contributed by atoms with Crippen molar-refractivity contribution in [2.75, 3.05) is 0 Å². The molecule has 0 fully saturated rings. The van der Waals surface area contributed by atoms with Gasteiger partial charge in [-0.3, -0.25) is 0 Å². The summed E-state index contributed by atoms with van der Waals surface area (Å²) in [6.45, 7) is 1.82. The van der Waals surface area contributed by atoms with Crippen molar-refractivity contribution in [1.29, 1.82) is 0 Å². The third-order valence-electron chi connectivity index (χ3n) is 2.52. The van der Waals surface area contributed by atoms with E-state index in [2.05, 4.69) is 15.9 Å². The SMILES string of the molecule is Cc1cc(F)cc(C(O)Cc2sccc2Br)c1. The summed E-state index contributed by atoms with van der Waals surface area (Å²) in [5, 5.41) is 12.0. The molecule has 2 rings (SSSR count). The second-order valence-electron chi connectivity index (χ2n) is 3.97. The Hall–Kier alpha value is -0.710. The van der Waals surface area contributed by atoms with E-state index in [1.54, 1.807) is 11.3 Å². The molecule has 4 heteroatoms. The van der Waals surface area contributed by atoms with E-state index in [0.717, 1.165) is 14.9 Å². The molecule has 1 aromatic heterocycles. The first-order valence-corrected chi connectivity index (χ1v) is 6.90. The summed E-state index contributed by atoms with van der Waals surface area (Å²) in [7, 11) is 0. The minimum absolute atomic E-state index is 0.302. The van der Waals surface area contributed by atoms with Crippen molar-refractivity contribution in [3.63, 3.8) is 0 Å². The van der Waals surface area contributed by atoms with Crippen LogP contribution in [0.3, 0.4) is 0 Å². The van der Waals surface area contributed by atoms with E-state index in [-0.39, 0.29) is 5.82 Å². The van der Waals surface area contributed by atoms with Crippen LogP contribution in [0.25, 0.3) is 0 Å². The molecule has 1 unspecified atom stereocenters. The van der Waals surface area contributed by atoms with Crippen LogP contribution in [0.5, 0.6) is 0 Å². The summed E-state index contributed by atoms with van der Waals surface area (Å²) in [6.07, 6.45) is -0.166. The second-order valence-corrected chi connectivity index (χ2v) is 5.83. The van der Waals surface area contributed by atoms with Gasteiger partial charge in [0.1, 0.15) is 5.82 Å². The van der Waals surface area contributed by atoms with Crippen molar-refractivity contribution >= 4 is 27.3 Å². The maximum absolute atomic E-state index is 13.2. The lowest BCUT2D eigenvalue weighted by Gasteiger charge is -2.11. The van der Waals surface area contributed by atoms with Crippen LogP contribution in [-0.2, 0) is 6.42 Å². The van der Waals surface area contributed by atoms with E-state index < -0.39 is 6.10 Å². The number of rotatable bonds is 3. The number of aliphatic hydroxyl groups excluding tert-OH is 1. The number of thiophene rings is 1. The van der Waals surface area contributed by atoms with Crippen molar-refractivity contribution < 1.29 is 9.50 Å². The van der Waals surface area contributed by atoms with Crippen LogP contribution in [0.15, 0.2) is 34.1 Å². The molecule has 0 amide bonds. The van der Waals surface area contributed by atoms with E-state index in [4.69, 9.17) is 0 Å². The van der Waals surface area contributed by atoms with Gasteiger partial charge in [0, 0.05) is 15.8 Å². The topological polar surface area (TPSA) is 20.2 Å². The summed E-state index contributed by atoms with van der Waals surface area (Å²) < 4.78 is 14.2. The molecule has 1 atom stereocenters.